The Hall–Kier alpha value is -1.97. The number of hydrogen-bond donors (Lipinski definition) is 2. The molecule has 0 aliphatic rings. The van der Waals surface area contributed by atoms with Gasteiger partial charge in [0, 0.05) is 23.0 Å². The third-order valence-corrected chi connectivity index (χ3v) is 3.63. The lowest BCUT2D eigenvalue weighted by molar-refractivity contribution is 1.40. The first kappa shape index (κ1) is 13.0. The van der Waals surface area contributed by atoms with E-state index in [1.807, 2.05) is 30.3 Å². The van der Waals surface area contributed by atoms with E-state index in [9.17, 15) is 0 Å². The molecule has 0 atom stereocenters. The number of halogens is 2. The van der Waals surface area contributed by atoms with Crippen LogP contribution in [0.25, 0.3) is 10.9 Å². The van der Waals surface area contributed by atoms with Gasteiger partial charge in [0.15, 0.2) is 0 Å². The summed E-state index contributed by atoms with van der Waals surface area (Å²) in [4.78, 5) is 4.32. The van der Waals surface area contributed by atoms with E-state index in [0.717, 1.165) is 22.3 Å². The van der Waals surface area contributed by atoms with Crippen LogP contribution >= 0.6 is 23.2 Å². The van der Waals surface area contributed by atoms with Crippen molar-refractivity contribution in [3.63, 3.8) is 0 Å². The number of pyridine rings is 1. The number of fused-ring (bicyclic) bond motifs is 1. The molecule has 0 saturated carbocycles. The molecular weight excluding hydrogens is 293 g/mol. The summed E-state index contributed by atoms with van der Waals surface area (Å²) < 4.78 is 0. The standard InChI is InChI=1S/C15H11Cl2N3/c16-11-7-9(8-12(17)15(11)18)20-14-5-6-19-13-4-2-1-3-10(13)14/h1-8H,18H2,(H,19,20). The predicted molar refractivity (Wildman–Crippen MR) is 85.9 cm³/mol. The average molecular weight is 304 g/mol. The summed E-state index contributed by atoms with van der Waals surface area (Å²) in [6.07, 6.45) is 1.76. The van der Waals surface area contributed by atoms with Crippen LogP contribution in [-0.2, 0) is 0 Å². The second kappa shape index (κ2) is 5.19. The van der Waals surface area contributed by atoms with Crippen LogP contribution in [0.2, 0.25) is 10.0 Å². The molecule has 0 amide bonds. The predicted octanol–water partition coefficient (Wildman–Crippen LogP) is 4.87. The van der Waals surface area contributed by atoms with E-state index in [-0.39, 0.29) is 0 Å². The molecule has 0 radical (unpaired) electrons. The zero-order chi connectivity index (χ0) is 14.1. The van der Waals surface area contributed by atoms with Gasteiger partial charge in [0.2, 0.25) is 0 Å². The lowest BCUT2D eigenvalue weighted by atomic mass is 10.2. The molecule has 0 fully saturated rings. The number of nitrogens with zero attached hydrogens (tertiary/aromatic N) is 1. The van der Waals surface area contributed by atoms with Gasteiger partial charge < -0.3 is 11.1 Å². The monoisotopic (exact) mass is 303 g/mol. The number of benzene rings is 2. The molecule has 3 nitrogen and oxygen atoms in total. The van der Waals surface area contributed by atoms with Crippen LogP contribution in [0.4, 0.5) is 17.1 Å². The normalized spacial score (nSPS) is 10.7. The molecule has 1 heterocycles. The number of nitrogen functional groups attached to an aromatic ring is 1. The quantitative estimate of drug-likeness (QED) is 0.664. The summed E-state index contributed by atoms with van der Waals surface area (Å²) in [6.45, 7) is 0. The first-order valence-corrected chi connectivity index (χ1v) is 6.76. The molecule has 3 aromatic rings. The van der Waals surface area contributed by atoms with Crippen molar-refractivity contribution in [3.05, 3.63) is 58.7 Å². The Morgan fingerprint density at radius 1 is 1.00 bits per heavy atom. The van der Waals surface area contributed by atoms with Crippen molar-refractivity contribution >= 4 is 51.2 Å². The Balaban J connectivity index is 2.06. The fourth-order valence-corrected chi connectivity index (χ4v) is 2.50. The van der Waals surface area contributed by atoms with Crippen molar-refractivity contribution in [1.82, 2.24) is 4.98 Å². The molecule has 0 aliphatic heterocycles. The molecule has 5 heteroatoms. The van der Waals surface area contributed by atoms with E-state index in [0.29, 0.717) is 15.7 Å². The molecule has 0 unspecified atom stereocenters. The van der Waals surface area contributed by atoms with Crippen molar-refractivity contribution in [2.24, 2.45) is 0 Å². The van der Waals surface area contributed by atoms with Crippen LogP contribution in [0.15, 0.2) is 48.7 Å². The van der Waals surface area contributed by atoms with Crippen molar-refractivity contribution < 1.29 is 0 Å². The van der Waals surface area contributed by atoms with Gasteiger partial charge in [-0.15, -0.1) is 0 Å². The lowest BCUT2D eigenvalue weighted by Gasteiger charge is -2.11. The Labute approximate surface area is 126 Å². The maximum absolute atomic E-state index is 6.04. The number of nitrogens with one attached hydrogen (secondary N) is 1. The molecular formula is C15H11Cl2N3. The number of para-hydroxylation sites is 1. The number of nitrogens with two attached hydrogens (primary N) is 1. The third-order valence-electron chi connectivity index (χ3n) is 3.01. The number of hydrogen-bond acceptors (Lipinski definition) is 3. The van der Waals surface area contributed by atoms with Gasteiger partial charge in [-0.2, -0.15) is 0 Å². The van der Waals surface area contributed by atoms with Crippen LogP contribution in [0.1, 0.15) is 0 Å². The second-order valence-electron chi connectivity index (χ2n) is 4.35. The van der Waals surface area contributed by atoms with Crippen molar-refractivity contribution in [2.45, 2.75) is 0 Å². The Kier molecular flexibility index (Phi) is 3.38. The molecule has 0 bridgehead atoms. The van der Waals surface area contributed by atoms with Crippen LogP contribution in [-0.4, -0.2) is 4.98 Å². The molecule has 0 saturated heterocycles. The zero-order valence-electron chi connectivity index (χ0n) is 10.4. The molecule has 1 aromatic heterocycles. The maximum atomic E-state index is 6.04. The smallest absolute Gasteiger partial charge is 0.0722 e. The second-order valence-corrected chi connectivity index (χ2v) is 5.17. The highest BCUT2D eigenvalue weighted by atomic mass is 35.5. The zero-order valence-corrected chi connectivity index (χ0v) is 11.9. The fourth-order valence-electron chi connectivity index (χ4n) is 2.02. The average Bonchev–Trinajstić information content (AvgIpc) is 2.45. The summed E-state index contributed by atoms with van der Waals surface area (Å²) in [5, 5.41) is 5.18. The molecule has 0 spiro atoms. The summed E-state index contributed by atoms with van der Waals surface area (Å²) in [7, 11) is 0. The minimum absolute atomic E-state index is 0.387. The van der Waals surface area contributed by atoms with Gasteiger partial charge in [-0.05, 0) is 24.3 Å². The molecule has 100 valence electrons. The summed E-state index contributed by atoms with van der Waals surface area (Å²) in [5.74, 6) is 0. The Morgan fingerprint density at radius 3 is 2.45 bits per heavy atom. The number of rotatable bonds is 2. The van der Waals surface area contributed by atoms with Gasteiger partial charge in [0.05, 0.1) is 21.2 Å². The van der Waals surface area contributed by atoms with E-state index in [4.69, 9.17) is 28.9 Å². The Bertz CT molecular complexity index is 759. The van der Waals surface area contributed by atoms with Gasteiger partial charge in [0.25, 0.3) is 0 Å². The molecule has 3 N–H and O–H groups in total. The molecule has 2 aromatic carbocycles. The first-order valence-electron chi connectivity index (χ1n) is 6.00. The highest BCUT2D eigenvalue weighted by Crippen LogP contribution is 2.33. The first-order chi connectivity index (χ1) is 9.65. The number of anilines is 3. The van der Waals surface area contributed by atoms with Gasteiger partial charge in [-0.1, -0.05) is 41.4 Å². The topological polar surface area (TPSA) is 50.9 Å². The SMILES string of the molecule is Nc1c(Cl)cc(Nc2ccnc3ccccc23)cc1Cl. The van der Waals surface area contributed by atoms with E-state index in [1.165, 1.54) is 0 Å². The van der Waals surface area contributed by atoms with Gasteiger partial charge in [0.1, 0.15) is 0 Å². The largest absolute Gasteiger partial charge is 0.396 e. The maximum Gasteiger partial charge on any atom is 0.0722 e. The van der Waals surface area contributed by atoms with E-state index in [2.05, 4.69) is 10.3 Å². The minimum Gasteiger partial charge on any atom is -0.396 e. The summed E-state index contributed by atoms with van der Waals surface area (Å²) in [5.41, 5.74) is 8.76. The fraction of sp³-hybridized carbons (Fsp3) is 0. The molecule has 20 heavy (non-hydrogen) atoms. The van der Waals surface area contributed by atoms with Crippen molar-refractivity contribution in [1.29, 1.82) is 0 Å². The van der Waals surface area contributed by atoms with Crippen LogP contribution in [0.5, 0.6) is 0 Å². The van der Waals surface area contributed by atoms with Gasteiger partial charge >= 0.3 is 0 Å². The van der Waals surface area contributed by atoms with E-state index in [1.54, 1.807) is 18.3 Å². The summed E-state index contributed by atoms with van der Waals surface area (Å²) >= 11 is 12.1. The third kappa shape index (κ3) is 2.38. The van der Waals surface area contributed by atoms with Crippen LogP contribution in [0.3, 0.4) is 0 Å². The Morgan fingerprint density at radius 2 is 1.70 bits per heavy atom. The van der Waals surface area contributed by atoms with Crippen LogP contribution in [0, 0.1) is 0 Å². The van der Waals surface area contributed by atoms with E-state index < -0.39 is 0 Å². The summed E-state index contributed by atoms with van der Waals surface area (Å²) in [6, 6.07) is 13.3. The van der Waals surface area contributed by atoms with Gasteiger partial charge in [-0.25, -0.2) is 0 Å². The highest BCUT2D eigenvalue weighted by molar-refractivity contribution is 6.39. The highest BCUT2D eigenvalue weighted by Gasteiger charge is 2.07. The minimum atomic E-state index is 0.387. The number of aromatic nitrogens is 1. The van der Waals surface area contributed by atoms with E-state index >= 15 is 0 Å². The lowest BCUT2D eigenvalue weighted by Crippen LogP contribution is -1.95. The molecule has 0 aliphatic carbocycles. The van der Waals surface area contributed by atoms with Crippen molar-refractivity contribution in [3.8, 4) is 0 Å². The molecule has 3 rings (SSSR count). The van der Waals surface area contributed by atoms with Crippen LogP contribution < -0.4 is 11.1 Å². The van der Waals surface area contributed by atoms with Crippen molar-refractivity contribution in [2.75, 3.05) is 11.1 Å². The van der Waals surface area contributed by atoms with Gasteiger partial charge in [-0.3, -0.25) is 4.98 Å².